The zero-order valence-corrected chi connectivity index (χ0v) is 8.23. The van der Waals surface area contributed by atoms with Gasteiger partial charge in [-0.1, -0.05) is 24.3 Å². The van der Waals surface area contributed by atoms with Crippen LogP contribution < -0.4 is 0 Å². The molecule has 0 amide bonds. The van der Waals surface area contributed by atoms with Crippen molar-refractivity contribution < 1.29 is 9.90 Å². The molecule has 0 atom stereocenters. The highest BCUT2D eigenvalue weighted by molar-refractivity contribution is 5.75. The monoisotopic (exact) mass is 190 g/mol. The van der Waals surface area contributed by atoms with Crippen molar-refractivity contribution in [3.05, 3.63) is 41.0 Å². The molecule has 0 saturated heterocycles. The Kier molecular flexibility index (Phi) is 4.08. The molecule has 0 aliphatic carbocycles. The third-order valence-electron chi connectivity index (χ3n) is 2.14. The molecule has 1 N–H and O–H groups in total. The van der Waals surface area contributed by atoms with Crippen LogP contribution in [-0.2, 0) is 11.2 Å². The molecule has 0 aliphatic rings. The lowest BCUT2D eigenvalue weighted by molar-refractivity contribution is -0.104. The van der Waals surface area contributed by atoms with Gasteiger partial charge in [0.15, 0.2) is 0 Å². The Bertz CT molecular complexity index is 340. The largest absolute Gasteiger partial charge is 0.396 e. The van der Waals surface area contributed by atoms with E-state index in [0.29, 0.717) is 6.42 Å². The van der Waals surface area contributed by atoms with Crippen molar-refractivity contribution in [3.8, 4) is 0 Å². The number of hydrogen-bond donors (Lipinski definition) is 1. The van der Waals surface area contributed by atoms with Crippen LogP contribution in [0.2, 0.25) is 0 Å². The molecular formula is C12H14O2. The Morgan fingerprint density at radius 2 is 2.21 bits per heavy atom. The lowest BCUT2D eigenvalue weighted by atomic mass is 9.99. The van der Waals surface area contributed by atoms with Crippen LogP contribution in [-0.4, -0.2) is 18.0 Å². The third-order valence-corrected chi connectivity index (χ3v) is 2.14. The minimum Gasteiger partial charge on any atom is -0.396 e. The van der Waals surface area contributed by atoms with Crippen molar-refractivity contribution in [2.24, 2.45) is 0 Å². The molecule has 0 aromatic heterocycles. The average Bonchev–Trinajstić information content (AvgIpc) is 2.18. The summed E-state index contributed by atoms with van der Waals surface area (Å²) in [4.78, 5) is 10.2. The maximum absolute atomic E-state index is 10.2. The van der Waals surface area contributed by atoms with E-state index in [4.69, 9.17) is 5.11 Å². The molecule has 0 unspecified atom stereocenters. The van der Waals surface area contributed by atoms with Gasteiger partial charge >= 0.3 is 0 Å². The Morgan fingerprint density at radius 3 is 2.86 bits per heavy atom. The SMILES string of the molecule is Cc1cccc(CCO)c1/C=C/C=O. The lowest BCUT2D eigenvalue weighted by Gasteiger charge is -2.07. The minimum atomic E-state index is 0.130. The number of allylic oxidation sites excluding steroid dienone is 1. The number of aliphatic hydroxyl groups excluding tert-OH is 1. The van der Waals surface area contributed by atoms with Gasteiger partial charge in [0.25, 0.3) is 0 Å². The highest BCUT2D eigenvalue weighted by Gasteiger charge is 2.01. The number of carbonyl (C=O) groups is 1. The van der Waals surface area contributed by atoms with Gasteiger partial charge in [0.1, 0.15) is 6.29 Å². The lowest BCUT2D eigenvalue weighted by Crippen LogP contribution is -1.95. The molecule has 2 nitrogen and oxygen atoms in total. The van der Waals surface area contributed by atoms with Crippen molar-refractivity contribution in [3.63, 3.8) is 0 Å². The molecule has 0 fully saturated rings. The van der Waals surface area contributed by atoms with Gasteiger partial charge in [0.2, 0.25) is 0 Å². The number of hydrogen-bond acceptors (Lipinski definition) is 2. The number of aliphatic hydroxyl groups is 1. The molecule has 14 heavy (non-hydrogen) atoms. The molecule has 74 valence electrons. The summed E-state index contributed by atoms with van der Waals surface area (Å²) in [5.41, 5.74) is 3.23. The van der Waals surface area contributed by atoms with Gasteiger partial charge in [-0.05, 0) is 36.1 Å². The second kappa shape index (κ2) is 5.35. The van der Waals surface area contributed by atoms with Gasteiger partial charge in [0.05, 0.1) is 0 Å². The summed E-state index contributed by atoms with van der Waals surface area (Å²) in [7, 11) is 0. The molecule has 1 aromatic rings. The molecular weight excluding hydrogens is 176 g/mol. The van der Waals surface area contributed by atoms with Crippen LogP contribution in [0.4, 0.5) is 0 Å². The predicted molar refractivity (Wildman–Crippen MR) is 57.1 cm³/mol. The van der Waals surface area contributed by atoms with Crippen LogP contribution >= 0.6 is 0 Å². The van der Waals surface area contributed by atoms with Gasteiger partial charge in [-0.3, -0.25) is 4.79 Å². The number of carbonyl (C=O) groups excluding carboxylic acids is 1. The van der Waals surface area contributed by atoms with E-state index in [2.05, 4.69) is 0 Å². The van der Waals surface area contributed by atoms with E-state index in [1.165, 1.54) is 6.08 Å². The van der Waals surface area contributed by atoms with Crippen LogP contribution in [0.5, 0.6) is 0 Å². The van der Waals surface area contributed by atoms with Crippen LogP contribution in [0.15, 0.2) is 24.3 Å². The van der Waals surface area contributed by atoms with Crippen molar-refractivity contribution in [1.29, 1.82) is 0 Å². The molecule has 0 heterocycles. The van der Waals surface area contributed by atoms with Crippen molar-refractivity contribution in [2.45, 2.75) is 13.3 Å². The fourth-order valence-corrected chi connectivity index (χ4v) is 1.45. The molecule has 1 rings (SSSR count). The topological polar surface area (TPSA) is 37.3 Å². The molecule has 0 radical (unpaired) electrons. The van der Waals surface area contributed by atoms with E-state index in [-0.39, 0.29) is 6.61 Å². The van der Waals surface area contributed by atoms with E-state index >= 15 is 0 Å². The standard InChI is InChI=1S/C12H14O2/c1-10-4-2-5-11(7-9-14)12(10)6-3-8-13/h2-6,8,14H,7,9H2,1H3/b6-3+. The van der Waals surface area contributed by atoms with Gasteiger partial charge in [-0.2, -0.15) is 0 Å². The first-order valence-corrected chi connectivity index (χ1v) is 4.60. The second-order valence-electron chi connectivity index (χ2n) is 3.12. The number of rotatable bonds is 4. The summed E-state index contributed by atoms with van der Waals surface area (Å²) >= 11 is 0. The quantitative estimate of drug-likeness (QED) is 0.580. The summed E-state index contributed by atoms with van der Waals surface area (Å²) < 4.78 is 0. The third kappa shape index (κ3) is 2.54. The highest BCUT2D eigenvalue weighted by atomic mass is 16.2. The first-order valence-electron chi connectivity index (χ1n) is 4.60. The Balaban J connectivity index is 3.08. The first-order chi connectivity index (χ1) is 6.79. The normalized spacial score (nSPS) is 10.7. The van der Waals surface area contributed by atoms with Crippen LogP contribution in [0, 0.1) is 6.92 Å². The summed E-state index contributed by atoms with van der Waals surface area (Å²) in [5.74, 6) is 0. The van der Waals surface area contributed by atoms with Crippen LogP contribution in [0.3, 0.4) is 0 Å². The van der Waals surface area contributed by atoms with Crippen molar-refractivity contribution >= 4 is 12.4 Å². The number of benzene rings is 1. The van der Waals surface area contributed by atoms with E-state index in [1.807, 2.05) is 25.1 Å². The van der Waals surface area contributed by atoms with Gasteiger partial charge in [-0.25, -0.2) is 0 Å². The number of aldehydes is 1. The smallest absolute Gasteiger partial charge is 0.142 e. The molecule has 0 saturated carbocycles. The Labute approximate surface area is 83.9 Å². The summed E-state index contributed by atoms with van der Waals surface area (Å²) in [6.45, 7) is 2.12. The summed E-state index contributed by atoms with van der Waals surface area (Å²) in [5, 5.41) is 8.87. The van der Waals surface area contributed by atoms with Crippen molar-refractivity contribution in [2.75, 3.05) is 6.61 Å². The summed E-state index contributed by atoms with van der Waals surface area (Å²) in [6, 6.07) is 5.91. The predicted octanol–water partition coefficient (Wildman–Crippen LogP) is 1.74. The molecule has 2 heteroatoms. The number of aryl methyl sites for hydroxylation is 1. The average molecular weight is 190 g/mol. The van der Waals surface area contributed by atoms with E-state index in [1.54, 1.807) is 6.08 Å². The molecule has 0 spiro atoms. The second-order valence-corrected chi connectivity index (χ2v) is 3.12. The molecule has 0 bridgehead atoms. The maximum Gasteiger partial charge on any atom is 0.142 e. The molecule has 1 aromatic carbocycles. The van der Waals surface area contributed by atoms with E-state index in [0.717, 1.165) is 23.0 Å². The summed E-state index contributed by atoms with van der Waals surface area (Å²) in [6.07, 6.45) is 4.64. The maximum atomic E-state index is 10.2. The Morgan fingerprint density at radius 1 is 1.43 bits per heavy atom. The van der Waals surface area contributed by atoms with E-state index in [9.17, 15) is 4.79 Å². The highest BCUT2D eigenvalue weighted by Crippen LogP contribution is 2.16. The zero-order valence-electron chi connectivity index (χ0n) is 8.23. The van der Waals surface area contributed by atoms with Crippen molar-refractivity contribution in [1.82, 2.24) is 0 Å². The first kappa shape index (κ1) is 10.7. The fourth-order valence-electron chi connectivity index (χ4n) is 1.45. The zero-order chi connectivity index (χ0) is 10.4. The Hall–Kier alpha value is -1.41. The fraction of sp³-hybridized carbons (Fsp3) is 0.250. The van der Waals surface area contributed by atoms with E-state index < -0.39 is 0 Å². The van der Waals surface area contributed by atoms with Crippen LogP contribution in [0.1, 0.15) is 16.7 Å². The van der Waals surface area contributed by atoms with Gasteiger partial charge in [-0.15, -0.1) is 0 Å². The van der Waals surface area contributed by atoms with Gasteiger partial charge < -0.3 is 5.11 Å². The minimum absolute atomic E-state index is 0.130. The molecule has 0 aliphatic heterocycles. The van der Waals surface area contributed by atoms with Crippen LogP contribution in [0.25, 0.3) is 6.08 Å². The van der Waals surface area contributed by atoms with Gasteiger partial charge in [0, 0.05) is 6.61 Å².